The Kier molecular flexibility index (Phi) is 5.37. The predicted octanol–water partition coefficient (Wildman–Crippen LogP) is 2.94. The number of ketones is 1. The van der Waals surface area contributed by atoms with Crippen LogP contribution < -0.4 is 5.56 Å². The van der Waals surface area contributed by atoms with Crippen LogP contribution in [0.5, 0.6) is 0 Å². The number of hydrogen-bond donors (Lipinski definition) is 0. The van der Waals surface area contributed by atoms with Crippen LogP contribution in [0.4, 0.5) is 0 Å². The summed E-state index contributed by atoms with van der Waals surface area (Å²) in [6, 6.07) is 13.4. The van der Waals surface area contributed by atoms with Crippen LogP contribution in [0, 0.1) is 0 Å². The van der Waals surface area contributed by atoms with E-state index in [1.165, 1.54) is 24.7 Å². The highest BCUT2D eigenvalue weighted by atomic mass is 35.5. The molecule has 3 aromatic rings. The molecule has 0 fully saturated rings. The van der Waals surface area contributed by atoms with Crippen molar-refractivity contribution in [3.63, 3.8) is 0 Å². The van der Waals surface area contributed by atoms with Crippen LogP contribution >= 0.6 is 11.6 Å². The zero-order chi connectivity index (χ0) is 19.6. The van der Waals surface area contributed by atoms with E-state index >= 15 is 0 Å². The van der Waals surface area contributed by atoms with E-state index in [0.29, 0.717) is 27.1 Å². The fourth-order valence-corrected chi connectivity index (χ4v) is 3.00. The lowest BCUT2D eigenvalue weighted by Gasteiger charge is -2.13. The van der Waals surface area contributed by atoms with E-state index in [1.807, 2.05) is 0 Å². The number of esters is 1. The zero-order valence-electron chi connectivity index (χ0n) is 14.8. The first-order valence-electron chi connectivity index (χ1n) is 8.31. The normalized spacial score (nSPS) is 12.0. The van der Waals surface area contributed by atoms with Gasteiger partial charge in [-0.2, -0.15) is 5.10 Å². The molecule has 138 valence electrons. The molecule has 0 amide bonds. The third kappa shape index (κ3) is 4.06. The molecule has 0 aliphatic heterocycles. The van der Waals surface area contributed by atoms with Gasteiger partial charge in [0.15, 0.2) is 6.10 Å². The number of nitrogens with zero attached hydrogens (tertiary/aromatic N) is 2. The molecule has 3 rings (SSSR count). The van der Waals surface area contributed by atoms with Crippen LogP contribution in [0.3, 0.4) is 0 Å². The van der Waals surface area contributed by atoms with Crippen molar-refractivity contribution in [2.24, 2.45) is 7.05 Å². The number of hydrogen-bond acceptors (Lipinski definition) is 5. The van der Waals surface area contributed by atoms with Crippen LogP contribution in [0.15, 0.2) is 53.3 Å². The molecular formula is C20H17ClN2O4. The molecule has 1 aromatic heterocycles. The van der Waals surface area contributed by atoms with Gasteiger partial charge in [0.1, 0.15) is 0 Å². The Morgan fingerprint density at radius 1 is 1.15 bits per heavy atom. The fourth-order valence-electron chi connectivity index (χ4n) is 2.81. The second-order valence-corrected chi connectivity index (χ2v) is 6.54. The Morgan fingerprint density at radius 2 is 1.85 bits per heavy atom. The molecule has 7 heteroatoms. The average molecular weight is 385 g/mol. The van der Waals surface area contributed by atoms with E-state index in [2.05, 4.69) is 5.10 Å². The maximum atomic E-state index is 12.4. The zero-order valence-corrected chi connectivity index (χ0v) is 15.6. The third-order valence-corrected chi connectivity index (χ3v) is 4.37. The van der Waals surface area contributed by atoms with Crippen LogP contribution in [0.2, 0.25) is 5.02 Å². The Bertz CT molecular complexity index is 1090. The van der Waals surface area contributed by atoms with Crippen molar-refractivity contribution in [1.29, 1.82) is 0 Å². The first kappa shape index (κ1) is 18.8. The number of aryl methyl sites for hydroxylation is 1. The highest BCUT2D eigenvalue weighted by Gasteiger charge is 2.21. The number of fused-ring (bicyclic) bond motifs is 1. The Morgan fingerprint density at radius 3 is 2.56 bits per heavy atom. The van der Waals surface area contributed by atoms with Crippen molar-refractivity contribution in [1.82, 2.24) is 9.78 Å². The minimum absolute atomic E-state index is 0.151. The number of carbonyl (C=O) groups excluding carboxylic acids is 2. The lowest BCUT2D eigenvalue weighted by molar-refractivity contribution is -0.145. The molecular weight excluding hydrogens is 368 g/mol. The highest BCUT2D eigenvalue weighted by molar-refractivity contribution is 6.31. The fraction of sp³-hybridized carbons (Fsp3) is 0.200. The molecule has 27 heavy (non-hydrogen) atoms. The van der Waals surface area contributed by atoms with E-state index in [1.54, 1.807) is 42.5 Å². The number of carbonyl (C=O) groups is 2. The van der Waals surface area contributed by atoms with Crippen LogP contribution in [-0.2, 0) is 23.0 Å². The van der Waals surface area contributed by atoms with Crippen molar-refractivity contribution in [3.05, 3.63) is 75.2 Å². The number of benzene rings is 2. The molecule has 0 saturated carbocycles. The summed E-state index contributed by atoms with van der Waals surface area (Å²) >= 11 is 5.89. The van der Waals surface area contributed by atoms with Crippen molar-refractivity contribution in [3.8, 4) is 0 Å². The molecule has 0 aliphatic carbocycles. The number of aromatic nitrogens is 2. The first-order chi connectivity index (χ1) is 12.9. The third-order valence-electron chi connectivity index (χ3n) is 4.13. The molecule has 0 bridgehead atoms. The minimum atomic E-state index is -0.963. The van der Waals surface area contributed by atoms with Crippen LogP contribution in [0.1, 0.15) is 23.0 Å². The molecule has 1 atom stereocenters. The van der Waals surface area contributed by atoms with Gasteiger partial charge in [-0.3, -0.25) is 14.4 Å². The summed E-state index contributed by atoms with van der Waals surface area (Å²) in [4.78, 5) is 36.9. The Balaban J connectivity index is 1.78. The van der Waals surface area contributed by atoms with Gasteiger partial charge in [0, 0.05) is 23.0 Å². The maximum Gasteiger partial charge on any atom is 0.312 e. The lowest BCUT2D eigenvalue weighted by Crippen LogP contribution is -2.27. The SMILES string of the molecule is C[C@H](OC(=O)Cc1nn(C)c(=O)c2ccccc12)C(=O)c1cccc(Cl)c1. The van der Waals surface area contributed by atoms with E-state index < -0.39 is 12.1 Å². The smallest absolute Gasteiger partial charge is 0.312 e. The van der Waals surface area contributed by atoms with Crippen LogP contribution in [-0.4, -0.2) is 27.6 Å². The van der Waals surface area contributed by atoms with Gasteiger partial charge in [-0.1, -0.05) is 41.9 Å². The summed E-state index contributed by atoms with van der Waals surface area (Å²) in [6.07, 6.45) is -1.11. The van der Waals surface area contributed by atoms with E-state index in [-0.39, 0.29) is 17.8 Å². The standard InChI is InChI=1S/C20H17ClN2O4/c1-12(19(25)13-6-5-7-14(21)10-13)27-18(24)11-17-15-8-3-4-9-16(15)20(26)23(2)22-17/h3-10,12H,11H2,1-2H3/t12-/m0/s1. The summed E-state index contributed by atoms with van der Waals surface area (Å²) in [5, 5.41) is 5.66. The lowest BCUT2D eigenvalue weighted by atomic mass is 10.1. The molecule has 0 unspecified atom stereocenters. The second-order valence-electron chi connectivity index (χ2n) is 6.10. The summed E-state index contributed by atoms with van der Waals surface area (Å²) in [5.74, 6) is -0.946. The van der Waals surface area contributed by atoms with Gasteiger partial charge in [-0.15, -0.1) is 0 Å². The quantitative estimate of drug-likeness (QED) is 0.499. The predicted molar refractivity (Wildman–Crippen MR) is 102 cm³/mol. The summed E-state index contributed by atoms with van der Waals surface area (Å²) in [7, 11) is 1.52. The topological polar surface area (TPSA) is 78.3 Å². The maximum absolute atomic E-state index is 12.4. The second kappa shape index (κ2) is 7.72. The van der Waals surface area contributed by atoms with Crippen molar-refractivity contribution >= 4 is 34.1 Å². The van der Waals surface area contributed by atoms with Gasteiger partial charge in [0.05, 0.1) is 17.5 Å². The Hall–Kier alpha value is -2.99. The molecule has 2 aromatic carbocycles. The van der Waals surface area contributed by atoms with Crippen LogP contribution in [0.25, 0.3) is 10.8 Å². The van der Waals surface area contributed by atoms with E-state index in [0.717, 1.165) is 0 Å². The summed E-state index contributed by atoms with van der Waals surface area (Å²) in [6.45, 7) is 1.51. The van der Waals surface area contributed by atoms with Crippen molar-refractivity contribution < 1.29 is 14.3 Å². The van der Waals surface area contributed by atoms with Crippen molar-refractivity contribution in [2.75, 3.05) is 0 Å². The van der Waals surface area contributed by atoms with E-state index in [9.17, 15) is 14.4 Å². The van der Waals surface area contributed by atoms with Crippen molar-refractivity contribution in [2.45, 2.75) is 19.4 Å². The number of rotatable bonds is 5. The molecule has 0 saturated heterocycles. The summed E-state index contributed by atoms with van der Waals surface area (Å²) in [5.41, 5.74) is 0.542. The molecule has 0 N–H and O–H groups in total. The van der Waals surface area contributed by atoms with Gasteiger partial charge < -0.3 is 4.74 Å². The average Bonchev–Trinajstić information content (AvgIpc) is 2.65. The minimum Gasteiger partial charge on any atom is -0.454 e. The van der Waals surface area contributed by atoms with Gasteiger partial charge in [0.25, 0.3) is 5.56 Å². The highest BCUT2D eigenvalue weighted by Crippen LogP contribution is 2.16. The molecule has 6 nitrogen and oxygen atoms in total. The van der Waals surface area contributed by atoms with Gasteiger partial charge in [-0.05, 0) is 25.1 Å². The Labute approximate surface area is 160 Å². The molecule has 1 heterocycles. The van der Waals surface area contributed by atoms with E-state index in [4.69, 9.17) is 16.3 Å². The first-order valence-corrected chi connectivity index (χ1v) is 8.69. The summed E-state index contributed by atoms with van der Waals surface area (Å²) < 4.78 is 6.46. The molecule has 0 spiro atoms. The van der Waals surface area contributed by atoms with Gasteiger partial charge in [0.2, 0.25) is 5.78 Å². The number of ether oxygens (including phenoxy) is 1. The largest absolute Gasteiger partial charge is 0.454 e. The molecule has 0 aliphatic rings. The monoisotopic (exact) mass is 384 g/mol. The number of Topliss-reactive ketones (excluding diaryl/α,β-unsaturated/α-hetero) is 1. The molecule has 0 radical (unpaired) electrons. The van der Waals surface area contributed by atoms with Gasteiger partial charge in [-0.25, -0.2) is 4.68 Å². The number of halogens is 1. The van der Waals surface area contributed by atoms with Gasteiger partial charge >= 0.3 is 5.97 Å².